The number of rotatable bonds is 3. The molecule has 0 fully saturated rings. The zero-order valence-electron chi connectivity index (χ0n) is 10.1. The number of halogens is 2. The first kappa shape index (κ1) is 13.4. The van der Waals surface area contributed by atoms with Gasteiger partial charge < -0.3 is 5.11 Å². The number of nitrogens with zero attached hydrogens (tertiary/aromatic N) is 4. The fourth-order valence-corrected chi connectivity index (χ4v) is 1.67. The fourth-order valence-electron chi connectivity index (χ4n) is 1.50. The maximum absolute atomic E-state index is 13.9. The molecule has 6 nitrogen and oxygen atoms in total. The fraction of sp³-hybridized carbons (Fsp3) is 0.273. The Morgan fingerprint density at radius 2 is 2.16 bits per heavy atom. The molecule has 0 aliphatic carbocycles. The number of hydrogen-bond acceptors (Lipinski definition) is 4. The average molecular weight is 285 g/mol. The highest BCUT2D eigenvalue weighted by Crippen LogP contribution is 2.28. The number of carboxylic acid groups (broad SMARTS) is 1. The summed E-state index contributed by atoms with van der Waals surface area (Å²) < 4.78 is 15.0. The van der Waals surface area contributed by atoms with Crippen LogP contribution in [0.5, 0.6) is 0 Å². The van der Waals surface area contributed by atoms with Gasteiger partial charge in [-0.05, 0) is 36.4 Å². The first-order valence-corrected chi connectivity index (χ1v) is 5.70. The third-order valence-corrected chi connectivity index (χ3v) is 3.01. The number of benzene rings is 1. The topological polar surface area (TPSA) is 80.9 Å². The molecule has 100 valence electrons. The van der Waals surface area contributed by atoms with E-state index < -0.39 is 17.3 Å². The molecule has 0 spiro atoms. The van der Waals surface area contributed by atoms with Crippen molar-refractivity contribution >= 4 is 17.6 Å². The van der Waals surface area contributed by atoms with Gasteiger partial charge in [0.2, 0.25) is 0 Å². The molecule has 0 saturated heterocycles. The van der Waals surface area contributed by atoms with Crippen molar-refractivity contribution in [3.8, 4) is 11.4 Å². The quantitative estimate of drug-likeness (QED) is 0.932. The minimum atomic E-state index is -1.41. The van der Waals surface area contributed by atoms with Crippen LogP contribution in [-0.4, -0.2) is 31.3 Å². The Labute approximate surface area is 112 Å². The van der Waals surface area contributed by atoms with E-state index in [-0.39, 0.29) is 16.4 Å². The molecule has 0 aliphatic heterocycles. The molecule has 1 aromatic carbocycles. The number of tetrazole rings is 1. The van der Waals surface area contributed by atoms with Gasteiger partial charge in [0.15, 0.2) is 17.2 Å². The van der Waals surface area contributed by atoms with Gasteiger partial charge in [0, 0.05) is 0 Å². The lowest BCUT2D eigenvalue weighted by Crippen LogP contribution is -2.37. The number of hydrogen-bond donors (Lipinski definition) is 1. The van der Waals surface area contributed by atoms with Crippen molar-refractivity contribution in [1.29, 1.82) is 0 Å². The van der Waals surface area contributed by atoms with E-state index >= 15 is 0 Å². The standard InChI is InChI=1S/C11H10ClFN4O2/c1-11(2,10(18)19)17-9(14-15-16-17)6-4-3-5-7(12)8(6)13/h3-5H,1-2H3,(H,18,19). The van der Waals surface area contributed by atoms with Gasteiger partial charge in [-0.1, -0.05) is 17.7 Å². The van der Waals surface area contributed by atoms with Crippen molar-refractivity contribution in [2.75, 3.05) is 0 Å². The maximum atomic E-state index is 13.9. The summed E-state index contributed by atoms with van der Waals surface area (Å²) in [6, 6.07) is 4.35. The van der Waals surface area contributed by atoms with E-state index in [9.17, 15) is 14.3 Å². The van der Waals surface area contributed by atoms with Crippen LogP contribution in [0.25, 0.3) is 11.4 Å². The van der Waals surface area contributed by atoms with E-state index in [0.29, 0.717) is 0 Å². The molecule has 1 aromatic heterocycles. The van der Waals surface area contributed by atoms with Gasteiger partial charge in [-0.25, -0.2) is 13.9 Å². The Morgan fingerprint density at radius 1 is 1.47 bits per heavy atom. The van der Waals surface area contributed by atoms with Gasteiger partial charge in [-0.15, -0.1) is 5.10 Å². The van der Waals surface area contributed by atoms with Crippen LogP contribution in [0.4, 0.5) is 4.39 Å². The van der Waals surface area contributed by atoms with E-state index in [4.69, 9.17) is 11.6 Å². The second-order valence-electron chi connectivity index (χ2n) is 4.38. The molecule has 0 amide bonds. The molecule has 0 bridgehead atoms. The smallest absolute Gasteiger partial charge is 0.331 e. The molecule has 0 radical (unpaired) electrons. The van der Waals surface area contributed by atoms with Gasteiger partial charge in [0.1, 0.15) is 0 Å². The van der Waals surface area contributed by atoms with E-state index in [0.717, 1.165) is 4.68 Å². The van der Waals surface area contributed by atoms with Crippen LogP contribution in [0, 0.1) is 5.82 Å². The van der Waals surface area contributed by atoms with Gasteiger partial charge >= 0.3 is 5.97 Å². The lowest BCUT2D eigenvalue weighted by atomic mass is 10.1. The molecule has 2 rings (SSSR count). The SMILES string of the molecule is CC(C)(C(=O)O)n1nnnc1-c1cccc(Cl)c1F. The van der Waals surface area contributed by atoms with Crippen molar-refractivity contribution in [2.45, 2.75) is 19.4 Å². The number of carbonyl (C=O) groups is 1. The van der Waals surface area contributed by atoms with Crippen LogP contribution in [-0.2, 0) is 10.3 Å². The Morgan fingerprint density at radius 3 is 2.79 bits per heavy atom. The van der Waals surface area contributed by atoms with Gasteiger partial charge in [0.05, 0.1) is 10.6 Å². The first-order chi connectivity index (χ1) is 8.85. The van der Waals surface area contributed by atoms with Crippen LogP contribution >= 0.6 is 11.6 Å². The summed E-state index contributed by atoms with van der Waals surface area (Å²) in [6.07, 6.45) is 0. The lowest BCUT2D eigenvalue weighted by molar-refractivity contribution is -0.146. The number of aromatic nitrogens is 4. The molecule has 19 heavy (non-hydrogen) atoms. The zero-order valence-corrected chi connectivity index (χ0v) is 10.9. The van der Waals surface area contributed by atoms with Crippen LogP contribution in [0.3, 0.4) is 0 Å². The number of aliphatic carboxylic acids is 1. The third-order valence-electron chi connectivity index (χ3n) is 2.71. The van der Waals surface area contributed by atoms with Gasteiger partial charge in [0.25, 0.3) is 0 Å². The minimum absolute atomic E-state index is 0.00685. The van der Waals surface area contributed by atoms with E-state index in [1.807, 2.05) is 0 Å². The zero-order chi connectivity index (χ0) is 14.2. The molecule has 2 aromatic rings. The van der Waals surface area contributed by atoms with Crippen molar-refractivity contribution in [2.24, 2.45) is 0 Å². The third kappa shape index (κ3) is 2.17. The highest BCUT2D eigenvalue weighted by molar-refractivity contribution is 6.31. The van der Waals surface area contributed by atoms with Crippen molar-refractivity contribution in [3.05, 3.63) is 29.0 Å². The van der Waals surface area contributed by atoms with Gasteiger partial charge in [-0.3, -0.25) is 0 Å². The average Bonchev–Trinajstić information content (AvgIpc) is 2.82. The largest absolute Gasteiger partial charge is 0.479 e. The second-order valence-corrected chi connectivity index (χ2v) is 4.79. The minimum Gasteiger partial charge on any atom is -0.479 e. The highest BCUT2D eigenvalue weighted by Gasteiger charge is 2.34. The normalized spacial score (nSPS) is 11.6. The summed E-state index contributed by atoms with van der Waals surface area (Å²) in [5.74, 6) is -1.82. The molecule has 0 atom stereocenters. The highest BCUT2D eigenvalue weighted by atomic mass is 35.5. The lowest BCUT2D eigenvalue weighted by Gasteiger charge is -2.20. The molecule has 1 N–H and O–H groups in total. The van der Waals surface area contributed by atoms with Gasteiger partial charge in [-0.2, -0.15) is 0 Å². The summed E-state index contributed by atoms with van der Waals surface area (Å²) in [5.41, 5.74) is -1.36. The van der Waals surface area contributed by atoms with Crippen molar-refractivity contribution in [3.63, 3.8) is 0 Å². The Bertz CT molecular complexity index is 641. The Balaban J connectivity index is 2.63. The summed E-state index contributed by atoms with van der Waals surface area (Å²) >= 11 is 5.69. The Hall–Kier alpha value is -2.02. The van der Waals surface area contributed by atoms with Crippen molar-refractivity contribution < 1.29 is 14.3 Å². The summed E-state index contributed by atoms with van der Waals surface area (Å²) in [7, 11) is 0. The molecular formula is C11H10ClFN4O2. The molecule has 0 unspecified atom stereocenters. The monoisotopic (exact) mass is 284 g/mol. The molecule has 1 heterocycles. The predicted octanol–water partition coefficient (Wildman–Crippen LogP) is 1.95. The molecule has 0 saturated carbocycles. The molecular weight excluding hydrogens is 275 g/mol. The Kier molecular flexibility index (Phi) is 3.23. The van der Waals surface area contributed by atoms with Crippen molar-refractivity contribution in [1.82, 2.24) is 20.2 Å². The summed E-state index contributed by atoms with van der Waals surface area (Å²) in [4.78, 5) is 11.2. The summed E-state index contributed by atoms with van der Waals surface area (Å²) in [5, 5.41) is 19.8. The van der Waals surface area contributed by atoms with Crippen LogP contribution in [0.1, 0.15) is 13.8 Å². The number of carboxylic acids is 1. The van der Waals surface area contributed by atoms with Crippen LogP contribution in [0.15, 0.2) is 18.2 Å². The maximum Gasteiger partial charge on any atom is 0.331 e. The predicted molar refractivity (Wildman–Crippen MR) is 65.2 cm³/mol. The van der Waals surface area contributed by atoms with Crippen LogP contribution < -0.4 is 0 Å². The van der Waals surface area contributed by atoms with Crippen LogP contribution in [0.2, 0.25) is 5.02 Å². The first-order valence-electron chi connectivity index (χ1n) is 5.32. The second kappa shape index (κ2) is 4.58. The van der Waals surface area contributed by atoms with E-state index in [2.05, 4.69) is 15.5 Å². The van der Waals surface area contributed by atoms with E-state index in [1.165, 1.54) is 32.0 Å². The molecule has 0 aliphatic rings. The molecule has 8 heteroatoms. The summed E-state index contributed by atoms with van der Waals surface area (Å²) in [6.45, 7) is 2.83. The van der Waals surface area contributed by atoms with E-state index in [1.54, 1.807) is 0 Å².